The van der Waals surface area contributed by atoms with Crippen LogP contribution in [0.4, 0.5) is 0 Å². The summed E-state index contributed by atoms with van der Waals surface area (Å²) in [5.74, 6) is -1.12. The van der Waals surface area contributed by atoms with Crippen molar-refractivity contribution in [2.75, 3.05) is 32.7 Å². The molecule has 0 amide bonds. The van der Waals surface area contributed by atoms with Gasteiger partial charge in [0.1, 0.15) is 0 Å². The van der Waals surface area contributed by atoms with Crippen LogP contribution in [0.5, 0.6) is 0 Å². The van der Waals surface area contributed by atoms with Gasteiger partial charge in [-0.2, -0.15) is 4.31 Å². The number of piperazine rings is 1. The summed E-state index contributed by atoms with van der Waals surface area (Å²) in [6.07, 6.45) is 2.60. The van der Waals surface area contributed by atoms with Gasteiger partial charge in [-0.15, -0.1) is 0 Å². The predicted molar refractivity (Wildman–Crippen MR) is 101 cm³/mol. The van der Waals surface area contributed by atoms with Crippen LogP contribution < -0.4 is 0 Å². The van der Waals surface area contributed by atoms with E-state index < -0.39 is 16.0 Å². The molecule has 1 N–H and O–H groups in total. The Morgan fingerprint density at radius 3 is 2.52 bits per heavy atom. The first-order chi connectivity index (χ1) is 12.9. The lowest BCUT2D eigenvalue weighted by atomic mass is 10.1. The molecule has 0 radical (unpaired) electrons. The molecule has 144 valence electrons. The van der Waals surface area contributed by atoms with Gasteiger partial charge in [-0.1, -0.05) is 12.1 Å². The molecule has 0 aliphatic carbocycles. The van der Waals surface area contributed by atoms with E-state index in [9.17, 15) is 18.3 Å². The molecule has 1 aliphatic heterocycles. The number of nitrogens with zero attached hydrogens (tertiary/aromatic N) is 3. The van der Waals surface area contributed by atoms with Crippen LogP contribution in [0.1, 0.15) is 21.6 Å². The number of aryl methyl sites for hydroxylation is 1. The number of sulfonamides is 1. The Balaban J connectivity index is 1.63. The van der Waals surface area contributed by atoms with Crippen LogP contribution in [0.2, 0.25) is 0 Å². The van der Waals surface area contributed by atoms with Crippen LogP contribution in [-0.2, 0) is 16.4 Å². The lowest BCUT2D eigenvalue weighted by molar-refractivity contribution is 0.0696. The first kappa shape index (κ1) is 19.5. The second-order valence-corrected chi connectivity index (χ2v) is 8.54. The normalized spacial score (nSPS) is 16.3. The summed E-state index contributed by atoms with van der Waals surface area (Å²) < 4.78 is 27.2. The average molecular weight is 389 g/mol. The van der Waals surface area contributed by atoms with E-state index in [0.29, 0.717) is 31.7 Å². The number of aromatic carboxylic acids is 1. The zero-order chi connectivity index (χ0) is 19.4. The minimum Gasteiger partial charge on any atom is -0.478 e. The molecule has 1 aliphatic rings. The molecule has 0 saturated carbocycles. The van der Waals surface area contributed by atoms with Crippen LogP contribution in [-0.4, -0.2) is 66.4 Å². The number of carboxylic acids is 1. The van der Waals surface area contributed by atoms with Gasteiger partial charge in [0.2, 0.25) is 10.0 Å². The van der Waals surface area contributed by atoms with Crippen molar-refractivity contribution in [3.05, 3.63) is 59.4 Å². The third kappa shape index (κ3) is 4.52. The highest BCUT2D eigenvalue weighted by molar-refractivity contribution is 7.89. The molecule has 1 fully saturated rings. The van der Waals surface area contributed by atoms with Crippen LogP contribution in [0.3, 0.4) is 0 Å². The largest absolute Gasteiger partial charge is 0.478 e. The maximum atomic E-state index is 12.9. The molecule has 1 aromatic heterocycles. The van der Waals surface area contributed by atoms with E-state index in [0.717, 1.165) is 18.7 Å². The number of carbonyl (C=O) groups is 1. The number of benzene rings is 1. The maximum Gasteiger partial charge on any atom is 0.335 e. The molecular formula is C19H23N3O4S. The van der Waals surface area contributed by atoms with Crippen LogP contribution >= 0.6 is 0 Å². The number of rotatable bonds is 6. The van der Waals surface area contributed by atoms with E-state index in [1.165, 1.54) is 16.4 Å². The summed E-state index contributed by atoms with van der Waals surface area (Å²) in [6.45, 7) is 4.55. The highest BCUT2D eigenvalue weighted by Crippen LogP contribution is 2.21. The second kappa shape index (κ2) is 8.16. The minimum atomic E-state index is -3.69. The Morgan fingerprint density at radius 2 is 1.89 bits per heavy atom. The fourth-order valence-corrected chi connectivity index (χ4v) is 4.60. The van der Waals surface area contributed by atoms with Crippen molar-refractivity contribution >= 4 is 16.0 Å². The number of hydrogen-bond acceptors (Lipinski definition) is 5. The minimum absolute atomic E-state index is 0.0186. The van der Waals surface area contributed by atoms with Crippen molar-refractivity contribution < 1.29 is 18.3 Å². The molecule has 27 heavy (non-hydrogen) atoms. The first-order valence-corrected chi connectivity index (χ1v) is 10.3. The Hall–Kier alpha value is -2.29. The number of aromatic nitrogens is 1. The third-order valence-electron chi connectivity index (χ3n) is 4.82. The van der Waals surface area contributed by atoms with E-state index in [1.54, 1.807) is 19.2 Å². The molecule has 2 heterocycles. The van der Waals surface area contributed by atoms with Gasteiger partial charge in [-0.05, 0) is 36.8 Å². The Bertz CT molecular complexity index is 908. The number of carboxylic acid groups (broad SMARTS) is 1. The smallest absolute Gasteiger partial charge is 0.335 e. The molecule has 1 aromatic carbocycles. The summed E-state index contributed by atoms with van der Waals surface area (Å²) >= 11 is 0. The Morgan fingerprint density at radius 1 is 1.15 bits per heavy atom. The monoisotopic (exact) mass is 389 g/mol. The van der Waals surface area contributed by atoms with Gasteiger partial charge in [0.25, 0.3) is 0 Å². The van der Waals surface area contributed by atoms with E-state index in [1.807, 2.05) is 18.2 Å². The number of pyridine rings is 1. The van der Waals surface area contributed by atoms with Gasteiger partial charge >= 0.3 is 5.97 Å². The topological polar surface area (TPSA) is 90.8 Å². The highest BCUT2D eigenvalue weighted by atomic mass is 32.2. The average Bonchev–Trinajstić information content (AvgIpc) is 2.67. The maximum absolute atomic E-state index is 12.9. The highest BCUT2D eigenvalue weighted by Gasteiger charge is 2.29. The molecule has 0 atom stereocenters. The van der Waals surface area contributed by atoms with E-state index >= 15 is 0 Å². The van der Waals surface area contributed by atoms with Crippen molar-refractivity contribution in [2.45, 2.75) is 18.2 Å². The van der Waals surface area contributed by atoms with E-state index in [-0.39, 0.29) is 10.5 Å². The van der Waals surface area contributed by atoms with Crippen molar-refractivity contribution in [3.8, 4) is 0 Å². The molecule has 2 aromatic rings. The standard InChI is InChI=1S/C19H23N3O4S/c1-15-5-6-17(14-18(15)19(23)24)27(25,26)22-12-10-21(11-13-22)9-7-16-4-2-3-8-20-16/h2-6,8,14H,7,9-13H2,1H3,(H,23,24). The van der Waals surface area contributed by atoms with E-state index in [4.69, 9.17) is 0 Å². The molecule has 3 rings (SSSR count). The summed E-state index contributed by atoms with van der Waals surface area (Å²) in [7, 11) is -3.69. The fraction of sp³-hybridized carbons (Fsp3) is 0.368. The Kier molecular flexibility index (Phi) is 5.88. The number of hydrogen-bond donors (Lipinski definition) is 1. The predicted octanol–water partition coefficient (Wildman–Crippen LogP) is 1.64. The summed E-state index contributed by atoms with van der Waals surface area (Å²) in [5.41, 5.74) is 1.58. The van der Waals surface area contributed by atoms with Crippen molar-refractivity contribution in [1.29, 1.82) is 0 Å². The van der Waals surface area contributed by atoms with Crippen molar-refractivity contribution in [2.24, 2.45) is 0 Å². The molecule has 0 spiro atoms. The molecule has 1 saturated heterocycles. The van der Waals surface area contributed by atoms with Gasteiger partial charge in [0.15, 0.2) is 0 Å². The SMILES string of the molecule is Cc1ccc(S(=O)(=O)N2CCN(CCc3ccccn3)CC2)cc1C(=O)O. The third-order valence-corrected chi connectivity index (χ3v) is 6.71. The van der Waals surface area contributed by atoms with Gasteiger partial charge < -0.3 is 10.0 Å². The van der Waals surface area contributed by atoms with Crippen LogP contribution in [0, 0.1) is 6.92 Å². The summed E-state index contributed by atoms with van der Waals surface area (Å²) in [5, 5.41) is 9.23. The molecule has 8 heteroatoms. The zero-order valence-corrected chi connectivity index (χ0v) is 16.0. The van der Waals surface area contributed by atoms with Crippen LogP contribution in [0.15, 0.2) is 47.5 Å². The van der Waals surface area contributed by atoms with Gasteiger partial charge in [-0.3, -0.25) is 4.98 Å². The molecule has 0 unspecified atom stereocenters. The van der Waals surface area contributed by atoms with Crippen molar-refractivity contribution in [1.82, 2.24) is 14.2 Å². The quantitative estimate of drug-likeness (QED) is 0.808. The lowest BCUT2D eigenvalue weighted by Crippen LogP contribution is -2.49. The molecular weight excluding hydrogens is 366 g/mol. The first-order valence-electron chi connectivity index (χ1n) is 8.84. The fourth-order valence-electron chi connectivity index (χ4n) is 3.15. The van der Waals surface area contributed by atoms with Crippen LogP contribution in [0.25, 0.3) is 0 Å². The van der Waals surface area contributed by atoms with E-state index in [2.05, 4.69) is 9.88 Å². The van der Waals surface area contributed by atoms with Crippen molar-refractivity contribution in [3.63, 3.8) is 0 Å². The molecule has 7 nitrogen and oxygen atoms in total. The molecule has 0 bridgehead atoms. The van der Waals surface area contributed by atoms with Gasteiger partial charge in [0, 0.05) is 51.0 Å². The lowest BCUT2D eigenvalue weighted by Gasteiger charge is -2.34. The second-order valence-electron chi connectivity index (χ2n) is 6.60. The Labute approximate surface area is 159 Å². The summed E-state index contributed by atoms with van der Waals surface area (Å²) in [4.78, 5) is 17.8. The van der Waals surface area contributed by atoms with Gasteiger partial charge in [0.05, 0.1) is 10.5 Å². The summed E-state index contributed by atoms with van der Waals surface area (Å²) in [6, 6.07) is 10.1. The zero-order valence-electron chi connectivity index (χ0n) is 15.2. The van der Waals surface area contributed by atoms with Gasteiger partial charge in [-0.25, -0.2) is 13.2 Å².